The lowest BCUT2D eigenvalue weighted by Gasteiger charge is -2.25. The second-order valence-corrected chi connectivity index (χ2v) is 5.40. The summed E-state index contributed by atoms with van der Waals surface area (Å²) >= 11 is 0. The van der Waals surface area contributed by atoms with Gasteiger partial charge in [0, 0.05) is 23.7 Å². The zero-order chi connectivity index (χ0) is 14.5. The van der Waals surface area contributed by atoms with E-state index in [-0.39, 0.29) is 11.5 Å². The maximum atomic E-state index is 12.2. The van der Waals surface area contributed by atoms with E-state index < -0.39 is 4.92 Å². The summed E-state index contributed by atoms with van der Waals surface area (Å²) in [5.41, 5.74) is 0.566. The van der Waals surface area contributed by atoms with E-state index in [1.165, 1.54) is 25.0 Å². The molecule has 0 N–H and O–H groups in total. The minimum Gasteiger partial charge on any atom is -0.293 e. The summed E-state index contributed by atoms with van der Waals surface area (Å²) in [5.74, 6) is 0.0358. The van der Waals surface area contributed by atoms with Crippen molar-refractivity contribution in [3.05, 3.63) is 39.9 Å². The fourth-order valence-electron chi connectivity index (χ4n) is 2.61. The number of carbonyl (C=O) groups excluding carboxylic acids is 1. The lowest BCUT2D eigenvalue weighted by molar-refractivity contribution is -0.384. The molecule has 2 rings (SSSR count). The number of hydrogen-bond donors (Lipinski definition) is 0. The maximum Gasteiger partial charge on any atom is 0.269 e. The van der Waals surface area contributed by atoms with Gasteiger partial charge in [-0.1, -0.05) is 12.8 Å². The highest BCUT2D eigenvalue weighted by Crippen LogP contribution is 2.18. The van der Waals surface area contributed by atoms with E-state index in [4.69, 9.17) is 0 Å². The molecule has 5 heteroatoms. The molecule has 0 saturated carbocycles. The van der Waals surface area contributed by atoms with Crippen molar-refractivity contribution in [2.75, 3.05) is 13.1 Å². The Kier molecular flexibility index (Phi) is 4.84. The molecular formula is C15H20N2O3. The number of carbonyl (C=O) groups is 1. The number of benzene rings is 1. The molecule has 1 heterocycles. The van der Waals surface area contributed by atoms with Crippen LogP contribution in [0.15, 0.2) is 24.3 Å². The average Bonchev–Trinajstić information content (AvgIpc) is 2.64. The summed E-state index contributed by atoms with van der Waals surface area (Å²) in [5, 5.41) is 10.6. The Balaban J connectivity index is 2.01. The molecule has 1 unspecified atom stereocenters. The van der Waals surface area contributed by atoms with Crippen molar-refractivity contribution >= 4 is 11.5 Å². The minimum absolute atomic E-state index is 0.0182. The molecule has 1 fully saturated rings. The van der Waals surface area contributed by atoms with E-state index in [0.717, 1.165) is 19.4 Å². The largest absolute Gasteiger partial charge is 0.293 e. The van der Waals surface area contributed by atoms with Gasteiger partial charge in [-0.25, -0.2) is 0 Å². The summed E-state index contributed by atoms with van der Waals surface area (Å²) in [6.45, 7) is 3.52. The zero-order valence-corrected chi connectivity index (χ0v) is 11.7. The Morgan fingerprint density at radius 3 is 2.65 bits per heavy atom. The van der Waals surface area contributed by atoms with E-state index >= 15 is 0 Å². The van der Waals surface area contributed by atoms with Crippen molar-refractivity contribution in [2.45, 2.75) is 38.6 Å². The van der Waals surface area contributed by atoms with Crippen LogP contribution in [-0.4, -0.2) is 34.7 Å². The highest BCUT2D eigenvalue weighted by atomic mass is 16.6. The van der Waals surface area contributed by atoms with Crippen molar-refractivity contribution in [3.63, 3.8) is 0 Å². The number of hydrogen-bond acceptors (Lipinski definition) is 4. The van der Waals surface area contributed by atoms with Crippen LogP contribution in [-0.2, 0) is 0 Å². The molecule has 1 saturated heterocycles. The molecule has 20 heavy (non-hydrogen) atoms. The average molecular weight is 276 g/mol. The van der Waals surface area contributed by atoms with E-state index in [9.17, 15) is 14.9 Å². The van der Waals surface area contributed by atoms with Gasteiger partial charge in [0.25, 0.3) is 5.69 Å². The molecular weight excluding hydrogens is 256 g/mol. The van der Waals surface area contributed by atoms with Crippen LogP contribution in [0.4, 0.5) is 5.69 Å². The summed E-state index contributed by atoms with van der Waals surface area (Å²) in [6, 6.07) is 6.30. The number of nitro groups is 1. The van der Waals surface area contributed by atoms with Crippen LogP contribution in [0.25, 0.3) is 0 Å². The molecule has 0 bridgehead atoms. The fraction of sp³-hybridized carbons (Fsp3) is 0.533. The molecule has 0 spiro atoms. The van der Waals surface area contributed by atoms with E-state index in [1.54, 1.807) is 12.1 Å². The summed E-state index contributed by atoms with van der Waals surface area (Å²) < 4.78 is 0. The van der Waals surface area contributed by atoms with Gasteiger partial charge < -0.3 is 0 Å². The molecule has 1 aromatic rings. The van der Waals surface area contributed by atoms with Gasteiger partial charge in [0.2, 0.25) is 0 Å². The van der Waals surface area contributed by atoms with Gasteiger partial charge in [0.15, 0.2) is 5.78 Å². The first kappa shape index (κ1) is 14.7. The fourth-order valence-corrected chi connectivity index (χ4v) is 2.61. The Morgan fingerprint density at radius 2 is 2.00 bits per heavy atom. The lowest BCUT2D eigenvalue weighted by atomic mass is 10.1. The number of nitro benzene ring substituents is 1. The third-order valence-corrected chi connectivity index (χ3v) is 3.94. The van der Waals surface area contributed by atoms with Crippen LogP contribution in [0.2, 0.25) is 0 Å². The number of nitrogens with zero attached hydrogens (tertiary/aromatic N) is 2. The highest BCUT2D eigenvalue weighted by Gasteiger charge is 2.20. The molecule has 1 aromatic carbocycles. The van der Waals surface area contributed by atoms with Gasteiger partial charge in [0.05, 0.1) is 11.5 Å². The number of rotatable bonds is 4. The molecule has 108 valence electrons. The van der Waals surface area contributed by atoms with Crippen LogP contribution >= 0.6 is 0 Å². The third kappa shape index (κ3) is 3.63. The van der Waals surface area contributed by atoms with Gasteiger partial charge in [-0.15, -0.1) is 0 Å². The first-order chi connectivity index (χ1) is 9.58. The van der Waals surface area contributed by atoms with Crippen LogP contribution in [0.1, 0.15) is 43.0 Å². The monoisotopic (exact) mass is 276 g/mol. The van der Waals surface area contributed by atoms with Crippen LogP contribution < -0.4 is 0 Å². The van der Waals surface area contributed by atoms with Gasteiger partial charge in [-0.3, -0.25) is 19.8 Å². The first-order valence-corrected chi connectivity index (χ1v) is 7.09. The quantitative estimate of drug-likeness (QED) is 0.481. The van der Waals surface area contributed by atoms with E-state index in [0.29, 0.717) is 18.2 Å². The molecule has 1 aliphatic rings. The van der Waals surface area contributed by atoms with Gasteiger partial charge in [-0.05, 0) is 38.4 Å². The van der Waals surface area contributed by atoms with E-state index in [1.807, 2.05) is 0 Å². The third-order valence-electron chi connectivity index (χ3n) is 3.94. The van der Waals surface area contributed by atoms with E-state index in [2.05, 4.69) is 11.8 Å². The van der Waals surface area contributed by atoms with Crippen LogP contribution in [0.5, 0.6) is 0 Å². The predicted molar refractivity (Wildman–Crippen MR) is 76.9 cm³/mol. The van der Waals surface area contributed by atoms with Gasteiger partial charge >= 0.3 is 0 Å². The number of non-ortho nitro benzene ring substituents is 1. The topological polar surface area (TPSA) is 63.5 Å². The Bertz CT molecular complexity index is 484. The second-order valence-electron chi connectivity index (χ2n) is 5.40. The first-order valence-electron chi connectivity index (χ1n) is 7.09. The molecule has 5 nitrogen and oxygen atoms in total. The van der Waals surface area contributed by atoms with Crippen molar-refractivity contribution in [2.24, 2.45) is 0 Å². The number of Topliss-reactive ketones (excluding diaryl/α,β-unsaturated/α-hetero) is 1. The predicted octanol–water partition coefficient (Wildman–Crippen LogP) is 3.04. The van der Waals surface area contributed by atoms with Crippen LogP contribution in [0.3, 0.4) is 0 Å². The molecule has 0 aromatic heterocycles. The normalized spacial score (nSPS) is 20.4. The van der Waals surface area contributed by atoms with Crippen molar-refractivity contribution in [1.29, 1.82) is 0 Å². The maximum absolute atomic E-state index is 12.2. The van der Waals surface area contributed by atoms with Crippen LogP contribution in [0, 0.1) is 10.1 Å². The zero-order valence-electron chi connectivity index (χ0n) is 11.7. The lowest BCUT2D eigenvalue weighted by Crippen LogP contribution is -2.37. The van der Waals surface area contributed by atoms with Gasteiger partial charge in [0.1, 0.15) is 0 Å². The van der Waals surface area contributed by atoms with Crippen molar-refractivity contribution in [3.8, 4) is 0 Å². The SMILES string of the molecule is CC1CCCCCN1CC(=O)c1ccc([N+](=O)[O-])cc1. The molecule has 0 radical (unpaired) electrons. The smallest absolute Gasteiger partial charge is 0.269 e. The molecule has 1 atom stereocenters. The summed E-state index contributed by atoms with van der Waals surface area (Å²) in [6.07, 6.45) is 4.72. The highest BCUT2D eigenvalue weighted by molar-refractivity contribution is 5.97. The minimum atomic E-state index is -0.453. The standard InChI is InChI=1S/C15H20N2O3/c1-12-5-3-2-4-10-16(12)11-15(18)13-6-8-14(9-7-13)17(19)20/h6-9,12H,2-5,10-11H2,1H3. The molecule has 0 aliphatic carbocycles. The number of likely N-dealkylation sites (tertiary alicyclic amines) is 1. The summed E-state index contributed by atoms with van der Waals surface area (Å²) in [7, 11) is 0. The molecule has 1 aliphatic heterocycles. The van der Waals surface area contributed by atoms with Gasteiger partial charge in [-0.2, -0.15) is 0 Å². The Hall–Kier alpha value is -1.75. The molecule has 0 amide bonds. The summed E-state index contributed by atoms with van der Waals surface area (Å²) in [4.78, 5) is 24.6. The van der Waals surface area contributed by atoms with Crippen molar-refractivity contribution < 1.29 is 9.72 Å². The second kappa shape index (κ2) is 6.61. The number of ketones is 1. The van der Waals surface area contributed by atoms with Crippen molar-refractivity contribution in [1.82, 2.24) is 4.90 Å². The Labute approximate surface area is 118 Å². The Morgan fingerprint density at radius 1 is 1.30 bits per heavy atom.